The minimum absolute atomic E-state index is 0.594. The standard InChI is InChI=1S/C13H21N3/c1-2-10-3-4-12(7-10)13-15-8-11(5-6-14)9-16-13/h8-10,12H,2-7,14H2,1H3. The van der Waals surface area contributed by atoms with Gasteiger partial charge < -0.3 is 5.73 Å². The Kier molecular flexibility index (Phi) is 3.88. The highest BCUT2D eigenvalue weighted by molar-refractivity contribution is 5.09. The molecule has 0 bridgehead atoms. The van der Waals surface area contributed by atoms with Crippen molar-refractivity contribution in [2.24, 2.45) is 11.7 Å². The van der Waals surface area contributed by atoms with E-state index in [-0.39, 0.29) is 0 Å². The van der Waals surface area contributed by atoms with Crippen LogP contribution in [0, 0.1) is 5.92 Å². The van der Waals surface area contributed by atoms with Crippen molar-refractivity contribution in [3.63, 3.8) is 0 Å². The lowest BCUT2D eigenvalue weighted by Crippen LogP contribution is -2.06. The van der Waals surface area contributed by atoms with Gasteiger partial charge in [0.15, 0.2) is 0 Å². The molecule has 2 unspecified atom stereocenters. The SMILES string of the molecule is CCC1CCC(c2ncc(CCN)cn2)C1. The molecule has 1 aliphatic rings. The third kappa shape index (κ3) is 2.59. The Morgan fingerprint density at radius 1 is 1.31 bits per heavy atom. The molecule has 0 amide bonds. The fraction of sp³-hybridized carbons (Fsp3) is 0.692. The van der Waals surface area contributed by atoms with E-state index in [1.807, 2.05) is 12.4 Å². The normalized spacial score (nSPS) is 24.9. The van der Waals surface area contributed by atoms with E-state index in [0.29, 0.717) is 12.5 Å². The zero-order valence-corrected chi connectivity index (χ0v) is 10.0. The van der Waals surface area contributed by atoms with Crippen molar-refractivity contribution in [3.8, 4) is 0 Å². The second kappa shape index (κ2) is 5.39. The second-order valence-electron chi connectivity index (χ2n) is 4.77. The van der Waals surface area contributed by atoms with E-state index in [1.165, 1.54) is 25.7 Å². The molecule has 2 N–H and O–H groups in total. The molecule has 0 aromatic carbocycles. The average Bonchev–Trinajstić information content (AvgIpc) is 2.79. The summed E-state index contributed by atoms with van der Waals surface area (Å²) >= 11 is 0. The lowest BCUT2D eigenvalue weighted by Gasteiger charge is -2.09. The summed E-state index contributed by atoms with van der Waals surface area (Å²) in [4.78, 5) is 8.96. The van der Waals surface area contributed by atoms with Crippen molar-refractivity contribution in [2.75, 3.05) is 6.54 Å². The summed E-state index contributed by atoms with van der Waals surface area (Å²) in [5, 5.41) is 0. The lowest BCUT2D eigenvalue weighted by molar-refractivity contribution is 0.516. The smallest absolute Gasteiger partial charge is 0.131 e. The Hall–Kier alpha value is -0.960. The molecule has 0 spiro atoms. The highest BCUT2D eigenvalue weighted by Gasteiger charge is 2.26. The number of hydrogen-bond acceptors (Lipinski definition) is 3. The average molecular weight is 219 g/mol. The maximum atomic E-state index is 5.50. The first-order chi connectivity index (χ1) is 7.83. The van der Waals surface area contributed by atoms with Gasteiger partial charge in [0.1, 0.15) is 5.82 Å². The molecular weight excluding hydrogens is 198 g/mol. The highest BCUT2D eigenvalue weighted by atomic mass is 14.9. The number of rotatable bonds is 4. The number of nitrogens with zero attached hydrogens (tertiary/aromatic N) is 2. The quantitative estimate of drug-likeness (QED) is 0.845. The molecule has 1 aliphatic carbocycles. The fourth-order valence-electron chi connectivity index (χ4n) is 2.55. The summed E-state index contributed by atoms with van der Waals surface area (Å²) < 4.78 is 0. The molecule has 88 valence electrons. The van der Waals surface area contributed by atoms with Crippen LogP contribution >= 0.6 is 0 Å². The van der Waals surface area contributed by atoms with Crippen LogP contribution < -0.4 is 5.73 Å². The van der Waals surface area contributed by atoms with Gasteiger partial charge in [0.2, 0.25) is 0 Å². The van der Waals surface area contributed by atoms with Crippen LogP contribution in [0.2, 0.25) is 0 Å². The molecule has 0 aliphatic heterocycles. The summed E-state index contributed by atoms with van der Waals surface area (Å²) in [7, 11) is 0. The first kappa shape index (κ1) is 11.5. The van der Waals surface area contributed by atoms with E-state index in [1.54, 1.807) is 0 Å². The summed E-state index contributed by atoms with van der Waals surface area (Å²) in [6.07, 6.45) is 9.92. The summed E-state index contributed by atoms with van der Waals surface area (Å²) in [6.45, 7) is 2.95. The third-order valence-corrected chi connectivity index (χ3v) is 3.64. The molecule has 2 atom stereocenters. The molecule has 3 nitrogen and oxygen atoms in total. The largest absolute Gasteiger partial charge is 0.330 e. The van der Waals surface area contributed by atoms with Crippen LogP contribution in [0.4, 0.5) is 0 Å². The van der Waals surface area contributed by atoms with Crippen molar-refractivity contribution in [1.29, 1.82) is 0 Å². The zero-order valence-electron chi connectivity index (χ0n) is 10.0. The first-order valence-electron chi connectivity index (χ1n) is 6.34. The zero-order chi connectivity index (χ0) is 11.4. The van der Waals surface area contributed by atoms with E-state index >= 15 is 0 Å². The molecule has 1 fully saturated rings. The van der Waals surface area contributed by atoms with Crippen LogP contribution in [0.1, 0.15) is 49.9 Å². The minimum Gasteiger partial charge on any atom is -0.330 e. The van der Waals surface area contributed by atoms with Crippen LogP contribution in [-0.4, -0.2) is 16.5 Å². The first-order valence-corrected chi connectivity index (χ1v) is 6.34. The Balaban J connectivity index is 1.99. The molecule has 1 heterocycles. The Morgan fingerprint density at radius 3 is 2.62 bits per heavy atom. The van der Waals surface area contributed by atoms with E-state index in [4.69, 9.17) is 5.73 Å². The number of aromatic nitrogens is 2. The minimum atomic E-state index is 0.594. The van der Waals surface area contributed by atoms with Gasteiger partial charge in [-0.2, -0.15) is 0 Å². The van der Waals surface area contributed by atoms with Gasteiger partial charge in [-0.05, 0) is 43.7 Å². The van der Waals surface area contributed by atoms with Gasteiger partial charge in [-0.25, -0.2) is 9.97 Å². The van der Waals surface area contributed by atoms with Gasteiger partial charge in [-0.3, -0.25) is 0 Å². The van der Waals surface area contributed by atoms with Gasteiger partial charge >= 0.3 is 0 Å². The van der Waals surface area contributed by atoms with Crippen LogP contribution in [0.15, 0.2) is 12.4 Å². The van der Waals surface area contributed by atoms with Gasteiger partial charge in [0.05, 0.1) is 0 Å². The van der Waals surface area contributed by atoms with E-state index in [9.17, 15) is 0 Å². The maximum absolute atomic E-state index is 5.50. The van der Waals surface area contributed by atoms with Crippen LogP contribution in [0.25, 0.3) is 0 Å². The van der Waals surface area contributed by atoms with Crippen LogP contribution in [0.3, 0.4) is 0 Å². The van der Waals surface area contributed by atoms with E-state index < -0.39 is 0 Å². The molecule has 0 radical (unpaired) electrons. The van der Waals surface area contributed by atoms with Gasteiger partial charge in [0, 0.05) is 18.3 Å². The Labute approximate surface area is 97.5 Å². The molecule has 1 aromatic heterocycles. The van der Waals surface area contributed by atoms with E-state index in [0.717, 1.165) is 23.7 Å². The predicted molar refractivity (Wildman–Crippen MR) is 65.2 cm³/mol. The summed E-state index contributed by atoms with van der Waals surface area (Å²) in [5.74, 6) is 2.52. The second-order valence-corrected chi connectivity index (χ2v) is 4.77. The van der Waals surface area contributed by atoms with Crippen molar-refractivity contribution < 1.29 is 0 Å². The van der Waals surface area contributed by atoms with Crippen molar-refractivity contribution in [3.05, 3.63) is 23.8 Å². The van der Waals surface area contributed by atoms with E-state index in [2.05, 4.69) is 16.9 Å². The summed E-state index contributed by atoms with van der Waals surface area (Å²) in [6, 6.07) is 0. The van der Waals surface area contributed by atoms with Gasteiger partial charge in [-0.15, -0.1) is 0 Å². The lowest BCUT2D eigenvalue weighted by atomic mass is 10.0. The topological polar surface area (TPSA) is 51.8 Å². The molecule has 2 rings (SSSR count). The van der Waals surface area contributed by atoms with Crippen molar-refractivity contribution in [2.45, 2.75) is 44.9 Å². The highest BCUT2D eigenvalue weighted by Crippen LogP contribution is 2.37. The molecule has 1 saturated carbocycles. The Morgan fingerprint density at radius 2 is 2.06 bits per heavy atom. The van der Waals surface area contributed by atoms with Gasteiger partial charge in [-0.1, -0.05) is 13.3 Å². The third-order valence-electron chi connectivity index (χ3n) is 3.64. The number of hydrogen-bond donors (Lipinski definition) is 1. The predicted octanol–water partition coefficient (Wildman–Crippen LogP) is 2.27. The van der Waals surface area contributed by atoms with Crippen LogP contribution in [-0.2, 0) is 6.42 Å². The molecule has 16 heavy (non-hydrogen) atoms. The number of nitrogens with two attached hydrogens (primary N) is 1. The molecule has 0 saturated heterocycles. The Bertz CT molecular complexity index is 320. The summed E-state index contributed by atoms with van der Waals surface area (Å²) in [5.41, 5.74) is 6.65. The fourth-order valence-corrected chi connectivity index (χ4v) is 2.55. The molecule has 3 heteroatoms. The van der Waals surface area contributed by atoms with Crippen molar-refractivity contribution >= 4 is 0 Å². The van der Waals surface area contributed by atoms with Crippen molar-refractivity contribution in [1.82, 2.24) is 9.97 Å². The molecule has 1 aromatic rings. The maximum Gasteiger partial charge on any atom is 0.131 e. The van der Waals surface area contributed by atoms with Gasteiger partial charge in [0.25, 0.3) is 0 Å². The molecular formula is C13H21N3. The monoisotopic (exact) mass is 219 g/mol. The van der Waals surface area contributed by atoms with Crippen LogP contribution in [0.5, 0.6) is 0 Å².